The maximum absolute atomic E-state index is 12.1. The number of amides is 1. The second kappa shape index (κ2) is 8.72. The molecule has 27 heavy (non-hydrogen) atoms. The molecule has 0 aliphatic carbocycles. The molecule has 0 aliphatic rings. The van der Waals surface area contributed by atoms with Gasteiger partial charge in [-0.15, -0.1) is 0 Å². The number of carbonyl (C=O) groups excluding carboxylic acids is 1. The summed E-state index contributed by atoms with van der Waals surface area (Å²) >= 11 is 0. The van der Waals surface area contributed by atoms with Crippen molar-refractivity contribution in [1.29, 1.82) is 0 Å². The highest BCUT2D eigenvalue weighted by Gasteiger charge is 2.02. The van der Waals surface area contributed by atoms with Crippen molar-refractivity contribution in [2.45, 2.75) is 13.5 Å². The largest absolute Gasteiger partial charge is 0.489 e. The Morgan fingerprint density at radius 3 is 2.48 bits per heavy atom. The lowest BCUT2D eigenvalue weighted by molar-refractivity contribution is -0.111. The summed E-state index contributed by atoms with van der Waals surface area (Å²) in [5.41, 5.74) is 10.2. The highest BCUT2D eigenvalue weighted by Crippen LogP contribution is 2.19. The molecule has 0 heterocycles. The molecule has 0 saturated carbocycles. The van der Waals surface area contributed by atoms with Crippen LogP contribution in [0.1, 0.15) is 16.7 Å². The number of rotatable bonds is 6. The van der Waals surface area contributed by atoms with Crippen LogP contribution in [0.4, 0.5) is 11.4 Å². The number of ether oxygens (including phenoxy) is 1. The Balaban J connectivity index is 1.54. The predicted octanol–water partition coefficient (Wildman–Crippen LogP) is 4.81. The Morgan fingerprint density at radius 1 is 1.04 bits per heavy atom. The van der Waals surface area contributed by atoms with E-state index in [1.165, 1.54) is 6.08 Å². The Bertz CT molecular complexity index is 932. The molecule has 0 aromatic heterocycles. The van der Waals surface area contributed by atoms with Gasteiger partial charge in [0.05, 0.1) is 11.4 Å². The van der Waals surface area contributed by atoms with Gasteiger partial charge < -0.3 is 15.8 Å². The normalized spacial score (nSPS) is 10.7. The molecule has 4 heteroatoms. The van der Waals surface area contributed by atoms with E-state index in [4.69, 9.17) is 10.5 Å². The molecule has 0 bridgehead atoms. The number of benzene rings is 3. The van der Waals surface area contributed by atoms with Crippen molar-refractivity contribution < 1.29 is 9.53 Å². The molecule has 3 aromatic rings. The van der Waals surface area contributed by atoms with Gasteiger partial charge in [0.1, 0.15) is 12.4 Å². The zero-order valence-corrected chi connectivity index (χ0v) is 15.2. The van der Waals surface area contributed by atoms with Crippen LogP contribution in [-0.2, 0) is 11.4 Å². The summed E-state index contributed by atoms with van der Waals surface area (Å²) in [6, 6.07) is 23.1. The van der Waals surface area contributed by atoms with E-state index in [1.807, 2.05) is 73.7 Å². The van der Waals surface area contributed by atoms with Crippen molar-refractivity contribution in [2.75, 3.05) is 11.1 Å². The monoisotopic (exact) mass is 358 g/mol. The molecule has 3 N–H and O–H groups in total. The average molecular weight is 358 g/mol. The van der Waals surface area contributed by atoms with Gasteiger partial charge in [-0.2, -0.15) is 0 Å². The third-order valence-electron chi connectivity index (χ3n) is 4.02. The van der Waals surface area contributed by atoms with Gasteiger partial charge >= 0.3 is 0 Å². The van der Waals surface area contributed by atoms with Gasteiger partial charge in [0.2, 0.25) is 5.91 Å². The van der Waals surface area contributed by atoms with Gasteiger partial charge in [0.15, 0.2) is 0 Å². The second-order valence-electron chi connectivity index (χ2n) is 6.26. The Hall–Kier alpha value is -3.53. The summed E-state index contributed by atoms with van der Waals surface area (Å²) in [7, 11) is 0. The second-order valence-corrected chi connectivity index (χ2v) is 6.26. The third-order valence-corrected chi connectivity index (χ3v) is 4.02. The van der Waals surface area contributed by atoms with Crippen LogP contribution in [0, 0.1) is 6.92 Å². The van der Waals surface area contributed by atoms with E-state index >= 15 is 0 Å². The summed E-state index contributed by atoms with van der Waals surface area (Å²) in [4.78, 5) is 12.1. The minimum absolute atomic E-state index is 0.227. The molecule has 3 aromatic carbocycles. The maximum Gasteiger partial charge on any atom is 0.248 e. The fourth-order valence-electron chi connectivity index (χ4n) is 2.56. The molecule has 0 spiro atoms. The molecule has 4 nitrogen and oxygen atoms in total. The quantitative estimate of drug-likeness (QED) is 0.491. The Morgan fingerprint density at radius 2 is 1.78 bits per heavy atom. The SMILES string of the molecule is Cc1ccc(NC(=O)/C=C/c2ccc(OCc3ccccc3)cc2)c(N)c1. The van der Waals surface area contributed by atoms with Gasteiger partial charge in [0.25, 0.3) is 0 Å². The zero-order valence-electron chi connectivity index (χ0n) is 15.2. The summed E-state index contributed by atoms with van der Waals surface area (Å²) in [5.74, 6) is 0.558. The first-order valence-electron chi connectivity index (χ1n) is 8.72. The lowest BCUT2D eigenvalue weighted by atomic mass is 10.2. The zero-order chi connectivity index (χ0) is 19.1. The molecular formula is C23H22N2O2. The third kappa shape index (κ3) is 5.47. The number of nitrogens with two attached hydrogens (primary N) is 1. The number of hydrogen-bond acceptors (Lipinski definition) is 3. The number of carbonyl (C=O) groups is 1. The first-order valence-corrected chi connectivity index (χ1v) is 8.72. The fraction of sp³-hybridized carbons (Fsp3) is 0.0870. The molecule has 1 amide bonds. The first kappa shape index (κ1) is 18.3. The molecule has 0 atom stereocenters. The highest BCUT2D eigenvalue weighted by atomic mass is 16.5. The topological polar surface area (TPSA) is 64.3 Å². The lowest BCUT2D eigenvalue weighted by Gasteiger charge is -2.07. The van der Waals surface area contributed by atoms with E-state index in [0.717, 1.165) is 22.4 Å². The highest BCUT2D eigenvalue weighted by molar-refractivity contribution is 6.03. The Kier molecular flexibility index (Phi) is 5.90. The van der Waals surface area contributed by atoms with Crippen LogP contribution in [0.2, 0.25) is 0 Å². The molecule has 0 unspecified atom stereocenters. The van der Waals surface area contributed by atoms with Gasteiger partial charge in [-0.05, 0) is 54.0 Å². The molecule has 0 aliphatic heterocycles. The molecule has 3 rings (SSSR count). The van der Waals surface area contributed by atoms with Gasteiger partial charge in [-0.1, -0.05) is 48.5 Å². The van der Waals surface area contributed by atoms with E-state index in [9.17, 15) is 4.79 Å². The molecule has 0 radical (unpaired) electrons. The number of anilines is 2. The van der Waals surface area contributed by atoms with Crippen LogP contribution >= 0.6 is 0 Å². The maximum atomic E-state index is 12.1. The van der Waals surface area contributed by atoms with Crippen LogP contribution in [0.15, 0.2) is 78.9 Å². The minimum atomic E-state index is -0.227. The van der Waals surface area contributed by atoms with E-state index in [-0.39, 0.29) is 5.91 Å². The molecule has 0 fully saturated rings. The summed E-state index contributed by atoms with van der Waals surface area (Å²) in [6.07, 6.45) is 3.24. The van der Waals surface area contributed by atoms with Crippen molar-refractivity contribution in [3.8, 4) is 5.75 Å². The van der Waals surface area contributed by atoms with E-state index in [2.05, 4.69) is 5.32 Å². The van der Waals surface area contributed by atoms with Gasteiger partial charge in [-0.25, -0.2) is 0 Å². The van der Waals surface area contributed by atoms with Crippen molar-refractivity contribution in [3.63, 3.8) is 0 Å². The number of nitrogen functional groups attached to an aromatic ring is 1. The smallest absolute Gasteiger partial charge is 0.248 e. The van der Waals surface area contributed by atoms with Crippen LogP contribution in [0.3, 0.4) is 0 Å². The molecule has 136 valence electrons. The number of nitrogens with one attached hydrogen (secondary N) is 1. The minimum Gasteiger partial charge on any atom is -0.489 e. The Labute approximate surface area is 159 Å². The molecular weight excluding hydrogens is 336 g/mol. The van der Waals surface area contributed by atoms with E-state index < -0.39 is 0 Å². The van der Waals surface area contributed by atoms with Gasteiger partial charge in [0, 0.05) is 6.08 Å². The van der Waals surface area contributed by atoms with Crippen molar-refractivity contribution in [1.82, 2.24) is 0 Å². The summed E-state index contributed by atoms with van der Waals surface area (Å²) in [5, 5.41) is 2.78. The lowest BCUT2D eigenvalue weighted by Crippen LogP contribution is -2.09. The number of hydrogen-bond donors (Lipinski definition) is 2. The molecule has 0 saturated heterocycles. The van der Waals surface area contributed by atoms with Crippen molar-refractivity contribution in [3.05, 3.63) is 95.6 Å². The van der Waals surface area contributed by atoms with Crippen molar-refractivity contribution >= 4 is 23.4 Å². The van der Waals surface area contributed by atoms with Crippen LogP contribution < -0.4 is 15.8 Å². The standard InChI is InChI=1S/C23H22N2O2/c1-17-7-13-22(21(24)15-17)25-23(26)14-10-18-8-11-20(12-9-18)27-16-19-5-3-2-4-6-19/h2-15H,16,24H2,1H3,(H,25,26)/b14-10+. The summed E-state index contributed by atoms with van der Waals surface area (Å²) in [6.45, 7) is 2.48. The van der Waals surface area contributed by atoms with Crippen molar-refractivity contribution in [2.24, 2.45) is 0 Å². The summed E-state index contributed by atoms with van der Waals surface area (Å²) < 4.78 is 5.76. The van der Waals surface area contributed by atoms with Crippen LogP contribution in [0.25, 0.3) is 6.08 Å². The first-order chi connectivity index (χ1) is 13.1. The number of aryl methyl sites for hydroxylation is 1. The van der Waals surface area contributed by atoms with E-state index in [1.54, 1.807) is 12.1 Å². The average Bonchev–Trinajstić information content (AvgIpc) is 2.68. The fourth-order valence-corrected chi connectivity index (χ4v) is 2.56. The van der Waals surface area contributed by atoms with Crippen LogP contribution in [-0.4, -0.2) is 5.91 Å². The van der Waals surface area contributed by atoms with Crippen LogP contribution in [0.5, 0.6) is 5.75 Å². The van der Waals surface area contributed by atoms with E-state index in [0.29, 0.717) is 18.0 Å². The predicted molar refractivity (Wildman–Crippen MR) is 110 cm³/mol. The van der Waals surface area contributed by atoms with Gasteiger partial charge in [-0.3, -0.25) is 4.79 Å².